The second-order valence-electron chi connectivity index (χ2n) is 7.96. The van der Waals surface area contributed by atoms with E-state index in [1.165, 1.54) is 29.6 Å². The minimum Gasteiger partial charge on any atom is -0.495 e. The molecule has 1 aromatic carbocycles. The predicted molar refractivity (Wildman–Crippen MR) is 110 cm³/mol. The van der Waals surface area contributed by atoms with Gasteiger partial charge in [0.1, 0.15) is 12.3 Å². The molecule has 2 heterocycles. The highest BCUT2D eigenvalue weighted by Crippen LogP contribution is 2.31. The zero-order chi connectivity index (χ0) is 23.5. The smallest absolute Gasteiger partial charge is 0.406 e. The Labute approximate surface area is 184 Å². The first kappa shape index (κ1) is 24.3. The molecule has 0 saturated carbocycles. The molecule has 0 bridgehead atoms. The molecule has 0 radical (unpaired) electrons. The molecule has 1 unspecified atom stereocenters. The van der Waals surface area contributed by atoms with Crippen molar-refractivity contribution in [2.45, 2.75) is 43.2 Å². The summed E-state index contributed by atoms with van der Waals surface area (Å²) in [6.07, 6.45) is -1.45. The van der Waals surface area contributed by atoms with E-state index in [0.29, 0.717) is 18.0 Å². The largest absolute Gasteiger partial charge is 0.495 e. The van der Waals surface area contributed by atoms with Crippen LogP contribution >= 0.6 is 0 Å². The number of rotatable bonds is 6. The van der Waals surface area contributed by atoms with Crippen molar-refractivity contribution < 1.29 is 35.9 Å². The number of hydrogen-bond acceptors (Lipinski definition) is 5. The lowest BCUT2D eigenvalue weighted by Crippen LogP contribution is -2.36. The number of likely N-dealkylation sites (tertiary alicyclic amines) is 1. The molecule has 2 aliphatic heterocycles. The molecule has 1 N–H and O–H groups in total. The van der Waals surface area contributed by atoms with Crippen LogP contribution < -0.4 is 10.1 Å². The number of carbonyl (C=O) groups excluding carboxylic acids is 2. The SMILES string of the molecule is COc1ccc(S(=O)(=O)N2CCCCCC2)cc1NC(=O)C1CC(=O)N(CC(F)(F)F)C1. The van der Waals surface area contributed by atoms with Gasteiger partial charge >= 0.3 is 6.18 Å². The molecule has 3 rings (SSSR count). The van der Waals surface area contributed by atoms with Crippen molar-refractivity contribution in [3.8, 4) is 5.75 Å². The van der Waals surface area contributed by atoms with E-state index in [1.807, 2.05) is 0 Å². The normalized spacial score (nSPS) is 20.8. The second-order valence-corrected chi connectivity index (χ2v) is 9.90. The number of ether oxygens (including phenoxy) is 1. The zero-order valence-electron chi connectivity index (χ0n) is 17.7. The highest BCUT2D eigenvalue weighted by molar-refractivity contribution is 7.89. The molecule has 178 valence electrons. The lowest BCUT2D eigenvalue weighted by Gasteiger charge is -2.21. The van der Waals surface area contributed by atoms with Crippen molar-refractivity contribution in [3.05, 3.63) is 18.2 Å². The van der Waals surface area contributed by atoms with Gasteiger partial charge in [-0.3, -0.25) is 9.59 Å². The number of alkyl halides is 3. The van der Waals surface area contributed by atoms with E-state index in [9.17, 15) is 31.2 Å². The van der Waals surface area contributed by atoms with Gasteiger partial charge in [-0.25, -0.2) is 8.42 Å². The lowest BCUT2D eigenvalue weighted by atomic mass is 10.1. The maximum Gasteiger partial charge on any atom is 0.406 e. The fourth-order valence-corrected chi connectivity index (χ4v) is 5.47. The number of carbonyl (C=O) groups is 2. The van der Waals surface area contributed by atoms with Crippen molar-refractivity contribution in [3.63, 3.8) is 0 Å². The van der Waals surface area contributed by atoms with Crippen LogP contribution in [0.4, 0.5) is 18.9 Å². The first-order chi connectivity index (χ1) is 15.0. The van der Waals surface area contributed by atoms with Crippen LogP contribution in [-0.2, 0) is 19.6 Å². The van der Waals surface area contributed by atoms with Gasteiger partial charge in [0, 0.05) is 26.1 Å². The fourth-order valence-electron chi connectivity index (χ4n) is 3.93. The Kier molecular flexibility index (Phi) is 7.33. The summed E-state index contributed by atoms with van der Waals surface area (Å²) in [5.41, 5.74) is 0.0788. The van der Waals surface area contributed by atoms with Crippen LogP contribution in [0.25, 0.3) is 0 Å². The summed E-state index contributed by atoms with van der Waals surface area (Å²) in [5, 5.41) is 2.53. The number of nitrogens with one attached hydrogen (secondary N) is 1. The average Bonchev–Trinajstić information content (AvgIpc) is 2.92. The van der Waals surface area contributed by atoms with Crippen molar-refractivity contribution in [2.75, 3.05) is 38.6 Å². The molecule has 2 amide bonds. The van der Waals surface area contributed by atoms with Gasteiger partial charge in [-0.05, 0) is 31.0 Å². The molecule has 2 aliphatic rings. The summed E-state index contributed by atoms with van der Waals surface area (Å²) < 4.78 is 70.6. The summed E-state index contributed by atoms with van der Waals surface area (Å²) in [6.45, 7) is -0.953. The van der Waals surface area contributed by atoms with Crippen LogP contribution in [0.1, 0.15) is 32.1 Å². The van der Waals surface area contributed by atoms with Crippen molar-refractivity contribution in [2.24, 2.45) is 5.92 Å². The second kappa shape index (κ2) is 9.65. The fraction of sp³-hybridized carbons (Fsp3) is 0.600. The first-order valence-corrected chi connectivity index (χ1v) is 11.8. The third kappa shape index (κ3) is 5.71. The van der Waals surface area contributed by atoms with Crippen molar-refractivity contribution in [1.82, 2.24) is 9.21 Å². The molecule has 1 aromatic rings. The maximum absolute atomic E-state index is 13.1. The number of halogens is 3. The Hall–Kier alpha value is -2.34. The molecular formula is C20H26F3N3O5S. The minimum atomic E-state index is -4.56. The van der Waals surface area contributed by atoms with Crippen LogP contribution in [0.2, 0.25) is 0 Å². The molecule has 0 aromatic heterocycles. The number of benzene rings is 1. The highest BCUT2D eigenvalue weighted by atomic mass is 32.2. The van der Waals surface area contributed by atoms with E-state index in [-0.39, 0.29) is 29.3 Å². The van der Waals surface area contributed by atoms with Crippen LogP contribution in [0.5, 0.6) is 5.75 Å². The van der Waals surface area contributed by atoms with Crippen LogP contribution in [0.3, 0.4) is 0 Å². The summed E-state index contributed by atoms with van der Waals surface area (Å²) in [7, 11) is -2.44. The summed E-state index contributed by atoms with van der Waals surface area (Å²) in [5.74, 6) is -2.22. The number of anilines is 1. The van der Waals surface area contributed by atoms with Gasteiger partial charge in [-0.2, -0.15) is 17.5 Å². The molecule has 2 saturated heterocycles. The van der Waals surface area contributed by atoms with Gasteiger partial charge in [0.2, 0.25) is 21.8 Å². The van der Waals surface area contributed by atoms with Gasteiger partial charge in [-0.15, -0.1) is 0 Å². The van der Waals surface area contributed by atoms with Gasteiger partial charge in [0.05, 0.1) is 23.6 Å². The Morgan fingerprint density at radius 1 is 1.19 bits per heavy atom. The quantitative estimate of drug-likeness (QED) is 0.680. The number of sulfonamides is 1. The van der Waals surface area contributed by atoms with Gasteiger partial charge in [-0.1, -0.05) is 12.8 Å². The molecule has 8 nitrogen and oxygen atoms in total. The Morgan fingerprint density at radius 3 is 2.44 bits per heavy atom. The molecule has 0 aliphatic carbocycles. The average molecular weight is 478 g/mol. The van der Waals surface area contributed by atoms with Gasteiger partial charge in [0.25, 0.3) is 0 Å². The number of amides is 2. The van der Waals surface area contributed by atoms with Crippen LogP contribution in [-0.4, -0.2) is 68.9 Å². The third-order valence-corrected chi connectivity index (χ3v) is 7.48. The summed E-state index contributed by atoms with van der Waals surface area (Å²) >= 11 is 0. The zero-order valence-corrected chi connectivity index (χ0v) is 18.5. The van der Waals surface area contributed by atoms with E-state index in [0.717, 1.165) is 25.7 Å². The van der Waals surface area contributed by atoms with Crippen molar-refractivity contribution >= 4 is 27.5 Å². The number of hydrogen-bond donors (Lipinski definition) is 1. The number of methoxy groups -OCH3 is 1. The molecule has 1 atom stereocenters. The lowest BCUT2D eigenvalue weighted by molar-refractivity contribution is -0.157. The monoisotopic (exact) mass is 477 g/mol. The maximum atomic E-state index is 13.1. The number of nitrogens with zero attached hydrogens (tertiary/aromatic N) is 2. The minimum absolute atomic E-state index is 0.0169. The Balaban J connectivity index is 1.77. The molecular weight excluding hydrogens is 451 g/mol. The third-order valence-electron chi connectivity index (χ3n) is 5.59. The van der Waals surface area contributed by atoms with E-state index >= 15 is 0 Å². The first-order valence-electron chi connectivity index (χ1n) is 10.3. The Bertz CT molecular complexity index is 960. The van der Waals surface area contributed by atoms with E-state index in [4.69, 9.17) is 4.74 Å². The topological polar surface area (TPSA) is 96.0 Å². The highest BCUT2D eigenvalue weighted by Gasteiger charge is 2.40. The van der Waals surface area contributed by atoms with Crippen molar-refractivity contribution in [1.29, 1.82) is 0 Å². The molecule has 0 spiro atoms. The molecule has 12 heteroatoms. The summed E-state index contributed by atoms with van der Waals surface area (Å²) in [6, 6.07) is 4.08. The van der Waals surface area contributed by atoms with Gasteiger partial charge in [0.15, 0.2) is 0 Å². The van der Waals surface area contributed by atoms with E-state index < -0.39 is 40.5 Å². The van der Waals surface area contributed by atoms with Crippen LogP contribution in [0.15, 0.2) is 23.1 Å². The van der Waals surface area contributed by atoms with E-state index in [1.54, 1.807) is 0 Å². The van der Waals surface area contributed by atoms with Crippen LogP contribution in [0, 0.1) is 5.92 Å². The molecule has 32 heavy (non-hydrogen) atoms. The van der Waals surface area contributed by atoms with E-state index in [2.05, 4.69) is 5.32 Å². The standard InChI is InChI=1S/C20H26F3N3O5S/c1-31-17-7-6-15(32(29,30)26-8-4-2-3-5-9-26)11-16(17)24-19(28)14-10-18(27)25(12-14)13-20(21,22)23/h6-7,11,14H,2-5,8-10,12-13H2,1H3,(H,24,28). The Morgan fingerprint density at radius 2 is 1.84 bits per heavy atom. The summed E-state index contributed by atoms with van der Waals surface area (Å²) in [4.78, 5) is 25.1. The predicted octanol–water partition coefficient (Wildman–Crippen LogP) is 2.61. The van der Waals surface area contributed by atoms with Gasteiger partial charge < -0.3 is 15.0 Å². The molecule has 2 fully saturated rings.